The Morgan fingerprint density at radius 1 is 1.09 bits per heavy atom. The van der Waals surface area contributed by atoms with Crippen molar-refractivity contribution in [3.63, 3.8) is 0 Å². The molecule has 2 heterocycles. The number of hydrogen-bond donors (Lipinski definition) is 2. The first-order valence-corrected chi connectivity index (χ1v) is 10.3. The molecule has 0 bridgehead atoms. The minimum atomic E-state index is -0.184. The number of aromatic nitrogens is 3. The van der Waals surface area contributed by atoms with Gasteiger partial charge in [0.25, 0.3) is 5.91 Å². The van der Waals surface area contributed by atoms with Crippen LogP contribution in [0.2, 0.25) is 0 Å². The number of imidazole rings is 1. The quantitative estimate of drug-likeness (QED) is 0.448. The van der Waals surface area contributed by atoms with Gasteiger partial charge in [-0.2, -0.15) is 0 Å². The van der Waals surface area contributed by atoms with Gasteiger partial charge in [-0.15, -0.1) is 0 Å². The summed E-state index contributed by atoms with van der Waals surface area (Å²) < 4.78 is 5.83. The first-order chi connectivity index (χ1) is 15.5. The molecule has 32 heavy (non-hydrogen) atoms. The van der Waals surface area contributed by atoms with Crippen molar-refractivity contribution in [1.82, 2.24) is 15.0 Å². The number of nitrogens with one attached hydrogen (secondary N) is 2. The van der Waals surface area contributed by atoms with E-state index in [0.29, 0.717) is 17.9 Å². The largest absolute Gasteiger partial charge is 0.487 e. The van der Waals surface area contributed by atoms with E-state index in [1.165, 1.54) is 0 Å². The average molecular weight is 428 g/mol. The molecule has 0 saturated carbocycles. The van der Waals surface area contributed by atoms with Gasteiger partial charge in [-0.1, -0.05) is 18.2 Å². The molecule has 0 spiro atoms. The Morgan fingerprint density at radius 2 is 1.91 bits per heavy atom. The molecular formula is C25H25N5O2. The number of carbonyl (C=O) groups is 1. The number of amides is 1. The van der Waals surface area contributed by atoms with Crippen LogP contribution in [0.15, 0.2) is 73.1 Å². The van der Waals surface area contributed by atoms with Gasteiger partial charge in [0.05, 0.1) is 5.69 Å². The predicted octanol–water partition coefficient (Wildman–Crippen LogP) is 4.68. The van der Waals surface area contributed by atoms with Crippen molar-refractivity contribution < 1.29 is 9.53 Å². The van der Waals surface area contributed by atoms with E-state index in [9.17, 15) is 4.79 Å². The number of benzene rings is 2. The molecular weight excluding hydrogens is 402 g/mol. The van der Waals surface area contributed by atoms with Gasteiger partial charge in [-0.25, -0.2) is 9.97 Å². The molecule has 0 atom stereocenters. The van der Waals surface area contributed by atoms with Crippen molar-refractivity contribution >= 4 is 17.4 Å². The summed E-state index contributed by atoms with van der Waals surface area (Å²) in [6.45, 7) is 2.31. The van der Waals surface area contributed by atoms with Crippen LogP contribution in [-0.4, -0.2) is 35.0 Å². The summed E-state index contributed by atoms with van der Waals surface area (Å²) in [5, 5.41) is 2.99. The highest BCUT2D eigenvalue weighted by Crippen LogP contribution is 2.24. The molecule has 2 N–H and O–H groups in total. The zero-order valence-electron chi connectivity index (χ0n) is 18.3. The summed E-state index contributed by atoms with van der Waals surface area (Å²) in [6.07, 6.45) is 3.47. The summed E-state index contributed by atoms with van der Waals surface area (Å²) in [4.78, 5) is 26.6. The van der Waals surface area contributed by atoms with E-state index in [0.717, 1.165) is 34.2 Å². The molecule has 0 saturated heterocycles. The van der Waals surface area contributed by atoms with E-state index >= 15 is 0 Å². The number of aromatic amines is 1. The first-order valence-electron chi connectivity index (χ1n) is 10.3. The normalized spacial score (nSPS) is 10.6. The Balaban J connectivity index is 1.40. The minimum absolute atomic E-state index is 0.184. The fourth-order valence-electron chi connectivity index (χ4n) is 3.18. The van der Waals surface area contributed by atoms with Gasteiger partial charge in [0.1, 0.15) is 24.0 Å². The molecule has 7 nitrogen and oxygen atoms in total. The number of H-pyrrole nitrogens is 1. The minimum Gasteiger partial charge on any atom is -0.487 e. The summed E-state index contributed by atoms with van der Waals surface area (Å²) in [5.41, 5.74) is 4.02. The van der Waals surface area contributed by atoms with Crippen molar-refractivity contribution in [3.05, 3.63) is 89.9 Å². The standard InChI is InChI=1S/C25H25N5O2/c1-17-7-8-19(24-26-13-14-27-24)15-22(17)29-25(31)18-9-11-21(12-10-18)32-16-20-5-4-6-23(28-20)30(2)3/h4-15H,16H2,1-3H3,(H,26,27)(H,29,31). The van der Waals surface area contributed by atoms with Crippen molar-refractivity contribution in [3.8, 4) is 17.1 Å². The Kier molecular flexibility index (Phi) is 6.17. The van der Waals surface area contributed by atoms with Gasteiger partial charge < -0.3 is 19.9 Å². The van der Waals surface area contributed by atoms with Crippen LogP contribution in [0.4, 0.5) is 11.5 Å². The smallest absolute Gasteiger partial charge is 0.255 e. The third-order valence-corrected chi connectivity index (χ3v) is 5.01. The Morgan fingerprint density at radius 3 is 2.62 bits per heavy atom. The number of carbonyl (C=O) groups excluding carboxylic acids is 1. The average Bonchev–Trinajstić information content (AvgIpc) is 3.34. The second kappa shape index (κ2) is 9.34. The molecule has 162 valence electrons. The van der Waals surface area contributed by atoms with Crippen molar-refractivity contribution in [2.24, 2.45) is 0 Å². The maximum Gasteiger partial charge on any atom is 0.255 e. The molecule has 0 aliphatic rings. The number of nitrogens with zero attached hydrogens (tertiary/aromatic N) is 3. The van der Waals surface area contributed by atoms with Crippen LogP contribution < -0.4 is 15.0 Å². The number of anilines is 2. The predicted molar refractivity (Wildman–Crippen MR) is 126 cm³/mol. The van der Waals surface area contributed by atoms with Crippen LogP contribution in [0, 0.1) is 6.92 Å². The fraction of sp³-hybridized carbons (Fsp3) is 0.160. The third-order valence-electron chi connectivity index (χ3n) is 5.01. The number of ether oxygens (including phenoxy) is 1. The second-order valence-electron chi connectivity index (χ2n) is 7.62. The van der Waals surface area contributed by atoms with E-state index in [-0.39, 0.29) is 5.91 Å². The summed E-state index contributed by atoms with van der Waals surface area (Å²) >= 11 is 0. The van der Waals surface area contributed by atoms with Gasteiger partial charge in [-0.05, 0) is 55.0 Å². The van der Waals surface area contributed by atoms with Gasteiger partial charge >= 0.3 is 0 Å². The lowest BCUT2D eigenvalue weighted by molar-refractivity contribution is 0.102. The highest BCUT2D eigenvalue weighted by molar-refractivity contribution is 6.05. The van der Waals surface area contributed by atoms with Crippen LogP contribution in [0.3, 0.4) is 0 Å². The molecule has 7 heteroatoms. The highest BCUT2D eigenvalue weighted by atomic mass is 16.5. The molecule has 0 aliphatic carbocycles. The molecule has 0 radical (unpaired) electrons. The van der Waals surface area contributed by atoms with Gasteiger partial charge in [-0.3, -0.25) is 4.79 Å². The molecule has 0 aliphatic heterocycles. The summed E-state index contributed by atoms with van der Waals surface area (Å²) in [5.74, 6) is 2.13. The Hall–Kier alpha value is -4.13. The zero-order valence-corrected chi connectivity index (χ0v) is 18.3. The van der Waals surface area contributed by atoms with E-state index in [1.807, 2.05) is 62.3 Å². The second-order valence-corrected chi connectivity index (χ2v) is 7.62. The molecule has 2 aromatic heterocycles. The molecule has 0 unspecified atom stereocenters. The van der Waals surface area contributed by atoms with E-state index in [2.05, 4.69) is 20.3 Å². The van der Waals surface area contributed by atoms with Gasteiger partial charge in [0, 0.05) is 43.3 Å². The van der Waals surface area contributed by atoms with E-state index in [1.54, 1.807) is 36.7 Å². The lowest BCUT2D eigenvalue weighted by atomic mass is 10.1. The maximum absolute atomic E-state index is 12.8. The number of rotatable bonds is 7. The topological polar surface area (TPSA) is 83.1 Å². The third kappa shape index (κ3) is 4.95. The number of pyridine rings is 1. The van der Waals surface area contributed by atoms with Crippen LogP contribution in [0.25, 0.3) is 11.4 Å². The molecule has 2 aromatic carbocycles. The summed E-state index contributed by atoms with van der Waals surface area (Å²) in [6, 6.07) is 18.8. The SMILES string of the molecule is Cc1ccc(-c2ncc[nH]2)cc1NC(=O)c1ccc(OCc2cccc(N(C)C)n2)cc1. The molecule has 4 aromatic rings. The van der Waals surface area contributed by atoms with Crippen molar-refractivity contribution in [1.29, 1.82) is 0 Å². The van der Waals surface area contributed by atoms with Crippen molar-refractivity contribution in [2.75, 3.05) is 24.3 Å². The van der Waals surface area contributed by atoms with Crippen LogP contribution in [0.5, 0.6) is 5.75 Å². The van der Waals surface area contributed by atoms with E-state index in [4.69, 9.17) is 4.74 Å². The highest BCUT2D eigenvalue weighted by Gasteiger charge is 2.10. The lowest BCUT2D eigenvalue weighted by Crippen LogP contribution is -2.13. The zero-order chi connectivity index (χ0) is 22.5. The van der Waals surface area contributed by atoms with E-state index < -0.39 is 0 Å². The molecule has 0 fully saturated rings. The fourth-order valence-corrected chi connectivity index (χ4v) is 3.18. The number of aryl methyl sites for hydroxylation is 1. The monoisotopic (exact) mass is 427 g/mol. The van der Waals surface area contributed by atoms with Crippen molar-refractivity contribution in [2.45, 2.75) is 13.5 Å². The Bertz CT molecular complexity index is 1200. The molecule has 4 rings (SSSR count). The van der Waals surface area contributed by atoms with Crippen LogP contribution >= 0.6 is 0 Å². The number of hydrogen-bond acceptors (Lipinski definition) is 5. The lowest BCUT2D eigenvalue weighted by Gasteiger charge is -2.13. The van der Waals surface area contributed by atoms with Gasteiger partial charge in [0.2, 0.25) is 0 Å². The summed E-state index contributed by atoms with van der Waals surface area (Å²) in [7, 11) is 3.90. The Labute approximate surface area is 187 Å². The molecule has 1 amide bonds. The first kappa shape index (κ1) is 21.1. The van der Waals surface area contributed by atoms with Crippen LogP contribution in [-0.2, 0) is 6.61 Å². The maximum atomic E-state index is 12.8. The van der Waals surface area contributed by atoms with Gasteiger partial charge in [0.15, 0.2) is 0 Å². The van der Waals surface area contributed by atoms with Crippen LogP contribution in [0.1, 0.15) is 21.6 Å².